The van der Waals surface area contributed by atoms with Crippen LogP contribution in [0.15, 0.2) is 53.9 Å². The van der Waals surface area contributed by atoms with E-state index >= 15 is 0 Å². The molecule has 0 spiro atoms. The molecule has 0 bridgehead atoms. The third kappa shape index (κ3) is 6.05. The maximum absolute atomic E-state index is 12.4. The number of benzene rings is 2. The van der Waals surface area contributed by atoms with E-state index in [1.165, 1.54) is 11.3 Å². The molecular formula is C26H27N3O5S. The summed E-state index contributed by atoms with van der Waals surface area (Å²) in [7, 11) is 0. The molecule has 9 heteroatoms. The summed E-state index contributed by atoms with van der Waals surface area (Å²) in [6, 6.07) is 15.8. The summed E-state index contributed by atoms with van der Waals surface area (Å²) in [6.07, 6.45) is 0.627. The lowest BCUT2D eigenvalue weighted by molar-refractivity contribution is -0.137. The Balaban J connectivity index is 1.30. The number of anilines is 1. The second kappa shape index (κ2) is 11.1. The van der Waals surface area contributed by atoms with Gasteiger partial charge in [-0.05, 0) is 28.7 Å². The Labute approximate surface area is 207 Å². The summed E-state index contributed by atoms with van der Waals surface area (Å²) in [4.78, 5) is 40.0. The molecule has 1 aliphatic rings. The minimum Gasteiger partial charge on any atom is -0.481 e. The van der Waals surface area contributed by atoms with Gasteiger partial charge in [0.15, 0.2) is 5.13 Å². The Morgan fingerprint density at radius 2 is 1.74 bits per heavy atom. The quantitative estimate of drug-likeness (QED) is 0.373. The van der Waals surface area contributed by atoms with E-state index in [9.17, 15) is 14.4 Å². The average Bonchev–Trinajstić information content (AvgIpc) is 3.39. The average molecular weight is 494 g/mol. The summed E-state index contributed by atoms with van der Waals surface area (Å²) in [5.41, 5.74) is 5.07. The summed E-state index contributed by atoms with van der Waals surface area (Å²) in [5.74, 6) is -1.29. The third-order valence-corrected chi connectivity index (χ3v) is 6.68. The second-order valence-electron chi connectivity index (χ2n) is 8.42. The van der Waals surface area contributed by atoms with E-state index in [0.29, 0.717) is 17.2 Å². The first kappa shape index (κ1) is 24.4. The van der Waals surface area contributed by atoms with Crippen LogP contribution in [0.25, 0.3) is 11.1 Å². The van der Waals surface area contributed by atoms with E-state index < -0.39 is 18.1 Å². The highest BCUT2D eigenvalue weighted by Crippen LogP contribution is 2.44. The number of nitrogens with one attached hydrogen (secondary N) is 2. The molecule has 1 heterocycles. The number of ether oxygens (including phenoxy) is 1. The number of hydrogen-bond acceptors (Lipinski definition) is 6. The van der Waals surface area contributed by atoms with Gasteiger partial charge in [-0.2, -0.15) is 0 Å². The van der Waals surface area contributed by atoms with Gasteiger partial charge in [0.2, 0.25) is 5.91 Å². The van der Waals surface area contributed by atoms with E-state index in [1.807, 2.05) is 31.2 Å². The Morgan fingerprint density at radius 1 is 1.09 bits per heavy atom. The fourth-order valence-corrected chi connectivity index (χ4v) is 5.09. The van der Waals surface area contributed by atoms with Crippen molar-refractivity contribution in [2.24, 2.45) is 0 Å². The molecule has 182 valence electrons. The van der Waals surface area contributed by atoms with Crippen molar-refractivity contribution >= 4 is 34.4 Å². The van der Waals surface area contributed by atoms with Crippen molar-refractivity contribution in [2.75, 3.05) is 11.9 Å². The fourth-order valence-electron chi connectivity index (χ4n) is 4.40. The highest BCUT2D eigenvalue weighted by atomic mass is 32.1. The lowest BCUT2D eigenvalue weighted by Gasteiger charge is -2.15. The molecule has 1 unspecified atom stereocenters. The fraction of sp³-hybridized carbons (Fsp3) is 0.308. The molecule has 1 aliphatic carbocycles. The van der Waals surface area contributed by atoms with Crippen LogP contribution in [0.2, 0.25) is 0 Å². The first-order valence-corrected chi connectivity index (χ1v) is 12.4. The number of nitrogens with zero attached hydrogens (tertiary/aromatic N) is 1. The first-order valence-electron chi connectivity index (χ1n) is 11.5. The lowest BCUT2D eigenvalue weighted by atomic mass is 9.98. The topological polar surface area (TPSA) is 118 Å². The van der Waals surface area contributed by atoms with Gasteiger partial charge in [0.1, 0.15) is 6.61 Å². The van der Waals surface area contributed by atoms with E-state index in [1.54, 1.807) is 5.38 Å². The Kier molecular flexibility index (Phi) is 7.77. The molecule has 0 saturated heterocycles. The van der Waals surface area contributed by atoms with Gasteiger partial charge in [-0.3, -0.25) is 14.9 Å². The molecule has 1 atom stereocenters. The number of carboxylic acid groups (broad SMARTS) is 1. The van der Waals surface area contributed by atoms with Crippen molar-refractivity contribution in [2.45, 2.75) is 44.6 Å². The van der Waals surface area contributed by atoms with Crippen LogP contribution in [0.1, 0.15) is 48.9 Å². The number of thiazole rings is 1. The molecule has 0 saturated carbocycles. The number of rotatable bonds is 10. The molecule has 4 rings (SSSR count). The standard InChI is InChI=1S/C26H27N3O5S/c1-2-7-16(13-24(31)32)27-23(30)12-17-15-35-25(28-17)29-26(33)34-14-22-20-10-5-3-8-18(20)19-9-4-6-11-21(19)22/h3-6,8-11,15-16,22H,2,7,12-14H2,1H3,(H,27,30)(H,31,32)(H,28,29,33). The molecule has 0 radical (unpaired) electrons. The number of aromatic nitrogens is 1. The zero-order chi connectivity index (χ0) is 24.8. The molecule has 2 amide bonds. The van der Waals surface area contributed by atoms with Crippen LogP contribution in [0, 0.1) is 0 Å². The van der Waals surface area contributed by atoms with Crippen molar-refractivity contribution in [3.63, 3.8) is 0 Å². The molecular weight excluding hydrogens is 466 g/mol. The smallest absolute Gasteiger partial charge is 0.413 e. The number of fused-ring (bicyclic) bond motifs is 3. The number of carboxylic acids is 1. The molecule has 35 heavy (non-hydrogen) atoms. The maximum Gasteiger partial charge on any atom is 0.413 e. The highest BCUT2D eigenvalue weighted by molar-refractivity contribution is 7.13. The summed E-state index contributed by atoms with van der Waals surface area (Å²) >= 11 is 1.20. The molecule has 3 N–H and O–H groups in total. The Bertz CT molecular complexity index is 1180. The van der Waals surface area contributed by atoms with Gasteiger partial charge in [-0.15, -0.1) is 11.3 Å². The molecule has 1 aromatic heterocycles. The van der Waals surface area contributed by atoms with Crippen LogP contribution in [0.5, 0.6) is 0 Å². The number of carbonyl (C=O) groups is 3. The van der Waals surface area contributed by atoms with Crippen LogP contribution >= 0.6 is 11.3 Å². The van der Waals surface area contributed by atoms with E-state index in [2.05, 4.69) is 39.9 Å². The molecule has 0 fully saturated rings. The van der Waals surface area contributed by atoms with Crippen LogP contribution in [0.4, 0.5) is 9.93 Å². The van der Waals surface area contributed by atoms with Crippen LogP contribution in [0.3, 0.4) is 0 Å². The molecule has 3 aromatic rings. The zero-order valence-electron chi connectivity index (χ0n) is 19.3. The minimum absolute atomic E-state index is 0.00268. The third-order valence-electron chi connectivity index (χ3n) is 5.87. The molecule has 8 nitrogen and oxygen atoms in total. The van der Waals surface area contributed by atoms with Crippen LogP contribution in [-0.2, 0) is 20.7 Å². The maximum atomic E-state index is 12.4. The van der Waals surface area contributed by atoms with Gasteiger partial charge >= 0.3 is 12.1 Å². The Hall–Kier alpha value is -3.72. The predicted molar refractivity (Wildman–Crippen MR) is 134 cm³/mol. The van der Waals surface area contributed by atoms with Crippen molar-refractivity contribution < 1.29 is 24.2 Å². The largest absolute Gasteiger partial charge is 0.481 e. The van der Waals surface area contributed by atoms with Crippen molar-refractivity contribution in [1.29, 1.82) is 0 Å². The predicted octanol–water partition coefficient (Wildman–Crippen LogP) is 4.81. The van der Waals surface area contributed by atoms with Gasteiger partial charge < -0.3 is 15.2 Å². The lowest BCUT2D eigenvalue weighted by Crippen LogP contribution is -2.37. The summed E-state index contributed by atoms with van der Waals surface area (Å²) in [6.45, 7) is 2.13. The van der Waals surface area contributed by atoms with Gasteiger partial charge in [0, 0.05) is 17.3 Å². The van der Waals surface area contributed by atoms with Crippen molar-refractivity contribution in [3.8, 4) is 11.1 Å². The molecule has 2 aromatic carbocycles. The zero-order valence-corrected chi connectivity index (χ0v) is 20.1. The minimum atomic E-state index is -0.952. The van der Waals surface area contributed by atoms with Crippen LogP contribution in [-0.4, -0.2) is 40.7 Å². The highest BCUT2D eigenvalue weighted by Gasteiger charge is 2.29. The number of amides is 2. The summed E-state index contributed by atoms with van der Waals surface area (Å²) < 4.78 is 5.53. The SMILES string of the molecule is CCCC(CC(=O)O)NC(=O)Cc1csc(NC(=O)OCC2c3ccccc3-c3ccccc32)n1. The second-order valence-corrected chi connectivity index (χ2v) is 9.28. The van der Waals surface area contributed by atoms with Crippen molar-refractivity contribution in [1.82, 2.24) is 10.3 Å². The van der Waals surface area contributed by atoms with Gasteiger partial charge in [0.05, 0.1) is 18.5 Å². The monoisotopic (exact) mass is 493 g/mol. The van der Waals surface area contributed by atoms with E-state index in [4.69, 9.17) is 9.84 Å². The normalized spacial score (nSPS) is 12.9. The first-order chi connectivity index (χ1) is 16.9. The van der Waals surface area contributed by atoms with Gasteiger partial charge in [-0.1, -0.05) is 61.9 Å². The Morgan fingerprint density at radius 3 is 2.37 bits per heavy atom. The summed E-state index contributed by atoms with van der Waals surface area (Å²) in [5, 5.41) is 16.4. The number of hydrogen-bond donors (Lipinski definition) is 3. The van der Waals surface area contributed by atoms with Gasteiger partial charge in [0.25, 0.3) is 0 Å². The van der Waals surface area contributed by atoms with Crippen LogP contribution < -0.4 is 10.6 Å². The van der Waals surface area contributed by atoms with E-state index in [0.717, 1.165) is 28.7 Å². The number of carbonyl (C=O) groups excluding carboxylic acids is 2. The molecule has 0 aliphatic heterocycles. The van der Waals surface area contributed by atoms with E-state index in [-0.39, 0.29) is 31.3 Å². The van der Waals surface area contributed by atoms with Gasteiger partial charge in [-0.25, -0.2) is 9.78 Å². The van der Waals surface area contributed by atoms with Crippen molar-refractivity contribution in [3.05, 3.63) is 70.7 Å². The number of aliphatic carboxylic acids is 1.